The van der Waals surface area contributed by atoms with Gasteiger partial charge in [0.25, 0.3) is 0 Å². The topological polar surface area (TPSA) is 47.3 Å². The van der Waals surface area contributed by atoms with E-state index in [9.17, 15) is 10.1 Å². The van der Waals surface area contributed by atoms with Crippen molar-refractivity contribution in [2.75, 3.05) is 31.1 Å². The van der Waals surface area contributed by atoms with E-state index in [0.29, 0.717) is 23.7 Å². The lowest BCUT2D eigenvalue weighted by Crippen LogP contribution is -2.48. The summed E-state index contributed by atoms with van der Waals surface area (Å²) in [6, 6.07) is 17.2. The van der Waals surface area contributed by atoms with Gasteiger partial charge >= 0.3 is 0 Å². The fourth-order valence-corrected chi connectivity index (χ4v) is 3.09. The van der Waals surface area contributed by atoms with Crippen LogP contribution in [0.3, 0.4) is 0 Å². The maximum absolute atomic E-state index is 12.4. The Morgan fingerprint density at radius 2 is 1.84 bits per heavy atom. The van der Waals surface area contributed by atoms with Crippen molar-refractivity contribution in [1.82, 2.24) is 4.90 Å². The zero-order chi connectivity index (χ0) is 17.6. The highest BCUT2D eigenvalue weighted by Gasteiger charge is 2.21. The van der Waals surface area contributed by atoms with E-state index >= 15 is 0 Å². The minimum absolute atomic E-state index is 0.00630. The summed E-state index contributed by atoms with van der Waals surface area (Å²) >= 11 is 5.95. The normalized spacial score (nSPS) is 14.6. The maximum Gasteiger partial charge on any atom is 0.246 e. The molecule has 0 unspecified atom stereocenters. The van der Waals surface area contributed by atoms with Gasteiger partial charge in [0.2, 0.25) is 5.91 Å². The standard InChI is InChI=1S/C20H18ClN3O/c21-18-6-3-4-16(14-18)8-9-20(25)24-12-10-23(11-13-24)19-7-2-1-5-17(19)15-22/h1-9,14H,10-13H2. The van der Waals surface area contributed by atoms with E-state index in [2.05, 4.69) is 11.0 Å². The van der Waals surface area contributed by atoms with Crippen LogP contribution in [0.4, 0.5) is 5.69 Å². The van der Waals surface area contributed by atoms with E-state index in [0.717, 1.165) is 24.3 Å². The van der Waals surface area contributed by atoms with Crippen molar-refractivity contribution in [1.29, 1.82) is 5.26 Å². The Kier molecular flexibility index (Phi) is 5.37. The first-order chi connectivity index (χ1) is 12.2. The van der Waals surface area contributed by atoms with Crippen LogP contribution in [0.5, 0.6) is 0 Å². The number of nitriles is 1. The van der Waals surface area contributed by atoms with Crippen LogP contribution in [-0.2, 0) is 4.79 Å². The van der Waals surface area contributed by atoms with Crippen LogP contribution in [-0.4, -0.2) is 37.0 Å². The van der Waals surface area contributed by atoms with Gasteiger partial charge in [-0.2, -0.15) is 5.26 Å². The lowest BCUT2D eigenvalue weighted by atomic mass is 10.1. The summed E-state index contributed by atoms with van der Waals surface area (Å²) in [6.07, 6.45) is 3.37. The van der Waals surface area contributed by atoms with Crippen LogP contribution in [0.1, 0.15) is 11.1 Å². The lowest BCUT2D eigenvalue weighted by Gasteiger charge is -2.36. The van der Waals surface area contributed by atoms with Gasteiger partial charge in [-0.1, -0.05) is 35.9 Å². The predicted octanol–water partition coefficient (Wildman–Crippen LogP) is 3.57. The molecule has 5 heteroatoms. The van der Waals surface area contributed by atoms with Gasteiger partial charge in [0.05, 0.1) is 11.3 Å². The van der Waals surface area contributed by atoms with Crippen LogP contribution in [0.2, 0.25) is 5.02 Å². The second-order valence-electron chi connectivity index (χ2n) is 5.83. The third-order valence-corrected chi connectivity index (χ3v) is 4.46. The monoisotopic (exact) mass is 351 g/mol. The molecular weight excluding hydrogens is 334 g/mol. The zero-order valence-electron chi connectivity index (χ0n) is 13.7. The van der Waals surface area contributed by atoms with E-state index in [1.54, 1.807) is 18.2 Å². The molecule has 0 atom stereocenters. The molecular formula is C20H18ClN3O. The third kappa shape index (κ3) is 4.20. The molecule has 0 aromatic heterocycles. The van der Waals surface area contributed by atoms with Crippen LogP contribution >= 0.6 is 11.6 Å². The van der Waals surface area contributed by atoms with E-state index < -0.39 is 0 Å². The SMILES string of the molecule is N#Cc1ccccc1N1CCN(C(=O)C=Cc2cccc(Cl)c2)CC1. The number of hydrogen-bond donors (Lipinski definition) is 0. The van der Waals surface area contributed by atoms with Gasteiger partial charge in [-0.05, 0) is 35.9 Å². The second kappa shape index (κ2) is 7.87. The molecule has 2 aromatic carbocycles. The summed E-state index contributed by atoms with van der Waals surface area (Å²) in [4.78, 5) is 16.3. The smallest absolute Gasteiger partial charge is 0.246 e. The summed E-state index contributed by atoms with van der Waals surface area (Å²) in [6.45, 7) is 2.71. The maximum atomic E-state index is 12.4. The molecule has 0 radical (unpaired) electrons. The highest BCUT2D eigenvalue weighted by Crippen LogP contribution is 2.21. The molecule has 2 aromatic rings. The molecule has 0 N–H and O–H groups in total. The van der Waals surface area contributed by atoms with E-state index in [1.165, 1.54) is 0 Å². The average Bonchev–Trinajstić information content (AvgIpc) is 2.66. The molecule has 0 saturated carbocycles. The largest absolute Gasteiger partial charge is 0.367 e. The van der Waals surface area contributed by atoms with Gasteiger partial charge < -0.3 is 9.80 Å². The fourth-order valence-electron chi connectivity index (χ4n) is 2.89. The highest BCUT2D eigenvalue weighted by atomic mass is 35.5. The Morgan fingerprint density at radius 3 is 2.56 bits per heavy atom. The zero-order valence-corrected chi connectivity index (χ0v) is 14.5. The van der Waals surface area contributed by atoms with E-state index in [-0.39, 0.29) is 5.91 Å². The molecule has 1 aliphatic heterocycles. The Balaban J connectivity index is 1.60. The first-order valence-electron chi connectivity index (χ1n) is 8.14. The molecule has 1 heterocycles. The van der Waals surface area contributed by atoms with Gasteiger partial charge in [-0.15, -0.1) is 0 Å². The number of anilines is 1. The van der Waals surface area contributed by atoms with Crippen LogP contribution in [0.25, 0.3) is 6.08 Å². The second-order valence-corrected chi connectivity index (χ2v) is 6.27. The molecule has 25 heavy (non-hydrogen) atoms. The minimum atomic E-state index is -0.00630. The molecule has 0 aliphatic carbocycles. The Bertz CT molecular complexity index is 833. The Morgan fingerprint density at radius 1 is 1.08 bits per heavy atom. The lowest BCUT2D eigenvalue weighted by molar-refractivity contribution is -0.126. The van der Waals surface area contributed by atoms with Crippen molar-refractivity contribution >= 4 is 29.3 Å². The Hall–Kier alpha value is -2.77. The summed E-state index contributed by atoms with van der Waals surface area (Å²) < 4.78 is 0. The number of hydrogen-bond acceptors (Lipinski definition) is 3. The number of rotatable bonds is 3. The van der Waals surface area contributed by atoms with Crippen molar-refractivity contribution in [3.63, 3.8) is 0 Å². The minimum Gasteiger partial charge on any atom is -0.367 e. The quantitative estimate of drug-likeness (QED) is 0.794. The molecule has 3 rings (SSSR count). The van der Waals surface area contributed by atoms with Crippen molar-refractivity contribution in [3.8, 4) is 6.07 Å². The average molecular weight is 352 g/mol. The molecule has 4 nitrogen and oxygen atoms in total. The molecule has 1 fully saturated rings. The first-order valence-corrected chi connectivity index (χ1v) is 8.52. The number of halogens is 1. The highest BCUT2D eigenvalue weighted by molar-refractivity contribution is 6.30. The van der Waals surface area contributed by atoms with Crippen molar-refractivity contribution in [2.24, 2.45) is 0 Å². The van der Waals surface area contributed by atoms with Crippen LogP contribution in [0.15, 0.2) is 54.6 Å². The molecule has 1 aliphatic rings. The van der Waals surface area contributed by atoms with E-state index in [1.807, 2.05) is 47.4 Å². The molecule has 126 valence electrons. The first kappa shape index (κ1) is 17.1. The summed E-state index contributed by atoms with van der Waals surface area (Å²) in [5, 5.41) is 9.88. The number of para-hydroxylation sites is 1. The van der Waals surface area contributed by atoms with Crippen LogP contribution < -0.4 is 4.90 Å². The summed E-state index contributed by atoms with van der Waals surface area (Å²) in [5.41, 5.74) is 2.51. The third-order valence-electron chi connectivity index (χ3n) is 4.22. The molecule has 1 amide bonds. The number of amides is 1. The number of nitrogens with zero attached hydrogens (tertiary/aromatic N) is 3. The summed E-state index contributed by atoms with van der Waals surface area (Å²) in [5.74, 6) is -0.00630. The Labute approximate surface area is 152 Å². The van der Waals surface area contributed by atoms with Gasteiger partial charge in [-0.25, -0.2) is 0 Å². The van der Waals surface area contributed by atoms with Crippen LogP contribution in [0, 0.1) is 11.3 Å². The van der Waals surface area contributed by atoms with Crippen molar-refractivity contribution in [3.05, 3.63) is 70.8 Å². The van der Waals surface area contributed by atoms with Gasteiger partial charge in [-0.3, -0.25) is 4.79 Å². The van der Waals surface area contributed by atoms with E-state index in [4.69, 9.17) is 11.6 Å². The van der Waals surface area contributed by atoms with Gasteiger partial charge in [0.1, 0.15) is 6.07 Å². The fraction of sp³-hybridized carbons (Fsp3) is 0.200. The van der Waals surface area contributed by atoms with Crippen molar-refractivity contribution in [2.45, 2.75) is 0 Å². The van der Waals surface area contributed by atoms with Gasteiger partial charge in [0.15, 0.2) is 0 Å². The van der Waals surface area contributed by atoms with Gasteiger partial charge in [0, 0.05) is 37.3 Å². The number of piperazine rings is 1. The van der Waals surface area contributed by atoms with Crippen molar-refractivity contribution < 1.29 is 4.79 Å². The molecule has 0 bridgehead atoms. The summed E-state index contributed by atoms with van der Waals surface area (Å²) in [7, 11) is 0. The number of carbonyl (C=O) groups excluding carboxylic acids is 1. The molecule has 0 spiro atoms. The number of benzene rings is 2. The predicted molar refractivity (Wildman–Crippen MR) is 100 cm³/mol. The number of carbonyl (C=O) groups is 1. The molecule has 1 saturated heterocycles.